The molecule has 106 valence electrons. The standard InChI is InChI=1S/C12H13F3O3S/c1-8-3-4-9(19(16,17)18-2)7-10(8)11(5-6-11)12(13,14)15/h3-4,7H,5-6H2,1-2H3. The van der Waals surface area contributed by atoms with E-state index < -0.39 is 21.7 Å². The lowest BCUT2D eigenvalue weighted by molar-refractivity contribution is -0.160. The third-order valence-corrected chi connectivity index (χ3v) is 4.80. The molecular weight excluding hydrogens is 281 g/mol. The maximum absolute atomic E-state index is 13.1. The number of benzene rings is 1. The van der Waals surface area contributed by atoms with E-state index in [9.17, 15) is 21.6 Å². The largest absolute Gasteiger partial charge is 0.398 e. The molecule has 2 rings (SSSR count). The monoisotopic (exact) mass is 294 g/mol. The number of aryl methyl sites for hydroxylation is 1. The molecule has 1 aliphatic rings. The van der Waals surface area contributed by atoms with E-state index in [2.05, 4.69) is 4.18 Å². The van der Waals surface area contributed by atoms with Crippen LogP contribution in [0.1, 0.15) is 24.0 Å². The smallest absolute Gasteiger partial charge is 0.270 e. The third-order valence-electron chi connectivity index (χ3n) is 3.53. The normalized spacial score (nSPS) is 18.4. The van der Waals surface area contributed by atoms with Crippen LogP contribution in [0.2, 0.25) is 0 Å². The molecule has 0 unspecified atom stereocenters. The lowest BCUT2D eigenvalue weighted by atomic mass is 9.91. The van der Waals surface area contributed by atoms with Crippen LogP contribution in [0, 0.1) is 6.92 Å². The van der Waals surface area contributed by atoms with Crippen LogP contribution in [0.4, 0.5) is 13.2 Å². The highest BCUT2D eigenvalue weighted by molar-refractivity contribution is 7.86. The van der Waals surface area contributed by atoms with Crippen LogP contribution in [-0.2, 0) is 19.7 Å². The molecule has 7 heteroatoms. The van der Waals surface area contributed by atoms with Crippen LogP contribution >= 0.6 is 0 Å². The number of rotatable bonds is 3. The average Bonchev–Trinajstić information content (AvgIpc) is 3.09. The summed E-state index contributed by atoms with van der Waals surface area (Å²) in [6.45, 7) is 1.55. The number of alkyl halides is 3. The van der Waals surface area contributed by atoms with Crippen molar-refractivity contribution in [2.75, 3.05) is 7.11 Å². The van der Waals surface area contributed by atoms with E-state index in [-0.39, 0.29) is 23.3 Å². The van der Waals surface area contributed by atoms with Gasteiger partial charge in [-0.05, 0) is 43.0 Å². The molecule has 3 nitrogen and oxygen atoms in total. The van der Waals surface area contributed by atoms with Gasteiger partial charge in [0.1, 0.15) is 0 Å². The van der Waals surface area contributed by atoms with Crippen LogP contribution < -0.4 is 0 Å². The van der Waals surface area contributed by atoms with Crippen LogP contribution in [0.3, 0.4) is 0 Å². The van der Waals surface area contributed by atoms with E-state index in [1.165, 1.54) is 12.1 Å². The molecule has 0 saturated heterocycles. The molecule has 19 heavy (non-hydrogen) atoms. The van der Waals surface area contributed by atoms with E-state index in [0.29, 0.717) is 5.56 Å². The van der Waals surface area contributed by atoms with Crippen molar-refractivity contribution in [1.82, 2.24) is 0 Å². The highest BCUT2D eigenvalue weighted by Gasteiger charge is 2.64. The molecule has 0 heterocycles. The molecule has 0 spiro atoms. The minimum absolute atomic E-state index is 0.00613. The van der Waals surface area contributed by atoms with E-state index >= 15 is 0 Å². The van der Waals surface area contributed by atoms with Gasteiger partial charge in [-0.1, -0.05) is 6.07 Å². The van der Waals surface area contributed by atoms with E-state index in [1.54, 1.807) is 6.92 Å². The Kier molecular flexibility index (Phi) is 3.17. The summed E-state index contributed by atoms with van der Waals surface area (Å²) in [5.41, 5.74) is -1.43. The van der Waals surface area contributed by atoms with E-state index in [4.69, 9.17) is 0 Å². The van der Waals surface area contributed by atoms with Crippen molar-refractivity contribution in [3.8, 4) is 0 Å². The van der Waals surface area contributed by atoms with Gasteiger partial charge in [0, 0.05) is 0 Å². The number of halogens is 3. The maximum atomic E-state index is 13.1. The highest BCUT2D eigenvalue weighted by atomic mass is 32.2. The number of hydrogen-bond donors (Lipinski definition) is 0. The Morgan fingerprint density at radius 2 is 1.84 bits per heavy atom. The van der Waals surface area contributed by atoms with Crippen molar-refractivity contribution < 1.29 is 25.8 Å². The quantitative estimate of drug-likeness (QED) is 0.805. The Morgan fingerprint density at radius 3 is 2.26 bits per heavy atom. The van der Waals surface area contributed by atoms with Gasteiger partial charge in [-0.2, -0.15) is 21.6 Å². The summed E-state index contributed by atoms with van der Waals surface area (Å²) in [5, 5.41) is 0. The summed E-state index contributed by atoms with van der Waals surface area (Å²) in [6.07, 6.45) is -4.38. The van der Waals surface area contributed by atoms with Gasteiger partial charge in [-0.15, -0.1) is 0 Å². The van der Waals surface area contributed by atoms with Gasteiger partial charge in [0.15, 0.2) is 0 Å². The van der Waals surface area contributed by atoms with Crippen molar-refractivity contribution in [2.45, 2.75) is 36.3 Å². The molecule has 0 aromatic heterocycles. The Hall–Kier alpha value is -1.08. The first-order chi connectivity index (χ1) is 8.64. The predicted molar refractivity (Wildman–Crippen MR) is 62.3 cm³/mol. The zero-order valence-corrected chi connectivity index (χ0v) is 11.2. The van der Waals surface area contributed by atoms with Crippen LogP contribution in [0.25, 0.3) is 0 Å². The minimum Gasteiger partial charge on any atom is -0.270 e. The lowest BCUT2D eigenvalue weighted by Gasteiger charge is -2.22. The van der Waals surface area contributed by atoms with Gasteiger partial charge < -0.3 is 0 Å². The second-order valence-corrected chi connectivity index (χ2v) is 6.39. The van der Waals surface area contributed by atoms with Crippen molar-refractivity contribution >= 4 is 10.1 Å². The Morgan fingerprint density at radius 1 is 1.26 bits per heavy atom. The molecule has 0 aliphatic heterocycles. The zero-order valence-electron chi connectivity index (χ0n) is 10.4. The van der Waals surface area contributed by atoms with Gasteiger partial charge in [0.05, 0.1) is 17.4 Å². The highest BCUT2D eigenvalue weighted by Crippen LogP contribution is 2.59. The summed E-state index contributed by atoms with van der Waals surface area (Å²) in [5.74, 6) is 0. The van der Waals surface area contributed by atoms with Crippen molar-refractivity contribution in [2.24, 2.45) is 0 Å². The SMILES string of the molecule is COS(=O)(=O)c1ccc(C)c(C2(C(F)(F)F)CC2)c1. The summed E-state index contributed by atoms with van der Waals surface area (Å²) >= 11 is 0. The molecule has 1 fully saturated rings. The predicted octanol–water partition coefficient (Wildman–Crippen LogP) is 2.92. The molecule has 1 saturated carbocycles. The molecular formula is C12H13F3O3S. The second-order valence-electron chi connectivity index (χ2n) is 4.68. The summed E-state index contributed by atoms with van der Waals surface area (Å²) in [4.78, 5) is -0.244. The molecule has 1 aliphatic carbocycles. The van der Waals surface area contributed by atoms with Gasteiger partial charge in [-0.3, -0.25) is 4.18 Å². The number of hydrogen-bond acceptors (Lipinski definition) is 3. The van der Waals surface area contributed by atoms with Gasteiger partial charge in [0.25, 0.3) is 10.1 Å². The fourth-order valence-corrected chi connectivity index (χ4v) is 2.89. The maximum Gasteiger partial charge on any atom is 0.398 e. The molecule has 0 radical (unpaired) electrons. The molecule has 0 bridgehead atoms. The van der Waals surface area contributed by atoms with Crippen molar-refractivity contribution in [1.29, 1.82) is 0 Å². The van der Waals surface area contributed by atoms with Gasteiger partial charge in [0.2, 0.25) is 0 Å². The van der Waals surface area contributed by atoms with Crippen LogP contribution in [0.5, 0.6) is 0 Å². The molecule has 0 amide bonds. The molecule has 0 atom stereocenters. The van der Waals surface area contributed by atoms with E-state index in [0.717, 1.165) is 13.2 Å². The fraction of sp³-hybridized carbons (Fsp3) is 0.500. The summed E-state index contributed by atoms with van der Waals surface area (Å²) in [7, 11) is -3.01. The van der Waals surface area contributed by atoms with Gasteiger partial charge in [-0.25, -0.2) is 0 Å². The van der Waals surface area contributed by atoms with Crippen LogP contribution in [0.15, 0.2) is 23.1 Å². The van der Waals surface area contributed by atoms with Gasteiger partial charge >= 0.3 is 6.18 Å². The summed E-state index contributed by atoms with van der Waals surface area (Å²) < 4.78 is 66.7. The molecule has 1 aromatic rings. The minimum atomic E-state index is -4.37. The second kappa shape index (κ2) is 4.21. The third kappa shape index (κ3) is 2.25. The molecule has 0 N–H and O–H groups in total. The van der Waals surface area contributed by atoms with Crippen LogP contribution in [-0.4, -0.2) is 21.7 Å². The average molecular weight is 294 g/mol. The zero-order chi connectivity index (χ0) is 14.5. The first kappa shape index (κ1) is 14.3. The van der Waals surface area contributed by atoms with Crippen molar-refractivity contribution in [3.63, 3.8) is 0 Å². The summed E-state index contributed by atoms with van der Waals surface area (Å²) in [6, 6.07) is 3.71. The lowest BCUT2D eigenvalue weighted by Crippen LogP contribution is -2.29. The van der Waals surface area contributed by atoms with E-state index in [1.807, 2.05) is 0 Å². The fourth-order valence-electron chi connectivity index (χ4n) is 2.20. The Balaban J connectivity index is 2.57. The topological polar surface area (TPSA) is 43.4 Å². The van der Waals surface area contributed by atoms with Crippen molar-refractivity contribution in [3.05, 3.63) is 29.3 Å². The first-order valence-corrected chi connectivity index (χ1v) is 7.03. The molecule has 1 aromatic carbocycles. The Bertz CT molecular complexity index is 601. The Labute approximate surface area is 109 Å². The first-order valence-electron chi connectivity index (χ1n) is 5.62.